The smallest absolute Gasteiger partial charge is 0.267 e. The molecule has 6 heteroatoms. The molecule has 0 N–H and O–H groups in total. The highest BCUT2D eigenvalue weighted by molar-refractivity contribution is 8.18. The first-order chi connectivity index (χ1) is 17.2. The normalized spacial score (nSPS) is 16.1. The molecule has 5 nitrogen and oxygen atoms in total. The van der Waals surface area contributed by atoms with E-state index in [4.69, 9.17) is 9.41 Å². The summed E-state index contributed by atoms with van der Waals surface area (Å²) in [6.45, 7) is 0.327. The molecule has 0 saturated carbocycles. The maximum Gasteiger partial charge on any atom is 0.267 e. The Hall–Kier alpha value is -4.29. The minimum absolute atomic E-state index is 0.0904. The van der Waals surface area contributed by atoms with Crippen LogP contribution in [0.15, 0.2) is 124 Å². The summed E-state index contributed by atoms with van der Waals surface area (Å²) in [6, 6.07) is 32.0. The molecular formula is C29H21N3O2S. The molecule has 0 atom stereocenters. The molecule has 3 aromatic carbocycles. The van der Waals surface area contributed by atoms with Crippen LogP contribution in [0.1, 0.15) is 11.5 Å². The van der Waals surface area contributed by atoms with Gasteiger partial charge in [0.05, 0.1) is 23.4 Å². The highest BCUT2D eigenvalue weighted by atomic mass is 32.2. The summed E-state index contributed by atoms with van der Waals surface area (Å²) < 4.78 is 7.61. The van der Waals surface area contributed by atoms with E-state index in [0.717, 1.165) is 17.1 Å². The van der Waals surface area contributed by atoms with E-state index in [1.54, 1.807) is 11.2 Å². The first kappa shape index (κ1) is 21.3. The molecule has 3 heterocycles. The quantitative estimate of drug-likeness (QED) is 0.257. The molecular weight excluding hydrogens is 454 g/mol. The highest BCUT2D eigenvalue weighted by Gasteiger charge is 2.34. The molecule has 1 amide bonds. The molecule has 2 aromatic heterocycles. The third kappa shape index (κ3) is 4.32. The molecule has 1 aliphatic heterocycles. The van der Waals surface area contributed by atoms with Gasteiger partial charge in [0, 0.05) is 17.6 Å². The van der Waals surface area contributed by atoms with Crippen molar-refractivity contribution >= 4 is 45.4 Å². The van der Waals surface area contributed by atoms with Gasteiger partial charge in [-0.3, -0.25) is 9.69 Å². The maximum atomic E-state index is 13.5. The van der Waals surface area contributed by atoms with Crippen LogP contribution in [0, 0.1) is 0 Å². The van der Waals surface area contributed by atoms with Gasteiger partial charge >= 0.3 is 0 Å². The zero-order valence-electron chi connectivity index (χ0n) is 18.7. The molecule has 35 heavy (non-hydrogen) atoms. The Morgan fingerprint density at radius 2 is 1.69 bits per heavy atom. The Morgan fingerprint density at radius 3 is 2.51 bits per heavy atom. The van der Waals surface area contributed by atoms with Gasteiger partial charge in [-0.1, -0.05) is 48.5 Å². The van der Waals surface area contributed by atoms with Crippen molar-refractivity contribution in [3.05, 3.63) is 126 Å². The van der Waals surface area contributed by atoms with Crippen LogP contribution in [-0.2, 0) is 11.3 Å². The van der Waals surface area contributed by atoms with E-state index in [1.165, 1.54) is 22.5 Å². The van der Waals surface area contributed by atoms with Crippen LogP contribution in [-0.4, -0.2) is 20.5 Å². The van der Waals surface area contributed by atoms with Crippen LogP contribution < -0.4 is 0 Å². The summed E-state index contributed by atoms with van der Waals surface area (Å²) in [6.07, 6.45) is 5.56. The number of thioether (sulfide) groups is 1. The minimum atomic E-state index is -0.0904. The lowest BCUT2D eigenvalue weighted by atomic mass is 10.1. The average molecular weight is 476 g/mol. The summed E-state index contributed by atoms with van der Waals surface area (Å²) in [7, 11) is 0. The number of nitrogens with zero attached hydrogens (tertiary/aromatic N) is 3. The monoisotopic (exact) mass is 475 g/mol. The number of benzene rings is 3. The lowest BCUT2D eigenvalue weighted by molar-refractivity contribution is -0.122. The van der Waals surface area contributed by atoms with Crippen molar-refractivity contribution in [3.63, 3.8) is 0 Å². The van der Waals surface area contributed by atoms with Crippen molar-refractivity contribution in [1.82, 2.24) is 9.47 Å². The topological polar surface area (TPSA) is 50.7 Å². The fraction of sp³-hybridized carbons (Fsp3) is 0.0345. The van der Waals surface area contributed by atoms with Gasteiger partial charge in [0.25, 0.3) is 5.91 Å². The third-order valence-electron chi connectivity index (χ3n) is 5.83. The van der Waals surface area contributed by atoms with Gasteiger partial charge in [-0.25, -0.2) is 4.99 Å². The summed E-state index contributed by atoms with van der Waals surface area (Å²) in [5.41, 5.74) is 2.77. The predicted octanol–water partition coefficient (Wildman–Crippen LogP) is 7.03. The van der Waals surface area contributed by atoms with Gasteiger partial charge in [-0.2, -0.15) is 0 Å². The van der Waals surface area contributed by atoms with Gasteiger partial charge in [-0.15, -0.1) is 0 Å². The van der Waals surface area contributed by atoms with Gasteiger partial charge in [0.15, 0.2) is 5.17 Å². The summed E-state index contributed by atoms with van der Waals surface area (Å²) in [5, 5.41) is 3.00. The number of carbonyl (C=O) groups is 1. The zero-order chi connectivity index (χ0) is 23.6. The van der Waals surface area contributed by atoms with Crippen molar-refractivity contribution in [2.75, 3.05) is 0 Å². The highest BCUT2D eigenvalue weighted by Crippen LogP contribution is 2.35. The molecule has 0 spiro atoms. The van der Waals surface area contributed by atoms with Crippen molar-refractivity contribution in [1.29, 1.82) is 0 Å². The molecule has 0 radical (unpaired) electrons. The third-order valence-corrected chi connectivity index (χ3v) is 6.84. The Balaban J connectivity index is 1.37. The van der Waals surface area contributed by atoms with E-state index in [9.17, 15) is 4.79 Å². The van der Waals surface area contributed by atoms with Gasteiger partial charge in [0.1, 0.15) is 5.76 Å². The summed E-state index contributed by atoms with van der Waals surface area (Å²) in [5.74, 6) is 0.618. The lowest BCUT2D eigenvalue weighted by Crippen LogP contribution is -2.28. The number of carbonyl (C=O) groups excluding carboxylic acids is 1. The fourth-order valence-corrected chi connectivity index (χ4v) is 5.09. The largest absolute Gasteiger partial charge is 0.467 e. The minimum Gasteiger partial charge on any atom is -0.467 e. The molecule has 170 valence electrons. The van der Waals surface area contributed by atoms with Crippen LogP contribution in [0.25, 0.3) is 22.5 Å². The van der Waals surface area contributed by atoms with Gasteiger partial charge in [-0.05, 0) is 77.1 Å². The molecule has 6 rings (SSSR count). The van der Waals surface area contributed by atoms with E-state index in [2.05, 4.69) is 34.9 Å². The molecule has 1 saturated heterocycles. The lowest BCUT2D eigenvalue weighted by Gasteiger charge is -2.13. The molecule has 0 aliphatic carbocycles. The van der Waals surface area contributed by atoms with Crippen LogP contribution in [0.4, 0.5) is 5.69 Å². The first-order valence-corrected chi connectivity index (χ1v) is 12.1. The Bertz CT molecular complexity index is 1570. The Kier molecular flexibility index (Phi) is 5.56. The van der Waals surface area contributed by atoms with E-state index in [1.807, 2.05) is 79.0 Å². The van der Waals surface area contributed by atoms with Crippen LogP contribution in [0.5, 0.6) is 0 Å². The molecule has 5 aromatic rings. The predicted molar refractivity (Wildman–Crippen MR) is 142 cm³/mol. The van der Waals surface area contributed by atoms with Crippen molar-refractivity contribution < 1.29 is 9.21 Å². The summed E-state index contributed by atoms with van der Waals surface area (Å²) in [4.78, 5) is 20.5. The molecule has 0 bridgehead atoms. The van der Waals surface area contributed by atoms with Crippen LogP contribution >= 0.6 is 11.8 Å². The van der Waals surface area contributed by atoms with Gasteiger partial charge < -0.3 is 8.98 Å². The number of aliphatic imine (C=N–C) groups is 1. The first-order valence-electron chi connectivity index (χ1n) is 11.3. The Morgan fingerprint density at radius 1 is 0.857 bits per heavy atom. The van der Waals surface area contributed by atoms with Crippen molar-refractivity contribution in [2.24, 2.45) is 4.99 Å². The zero-order valence-corrected chi connectivity index (χ0v) is 19.6. The van der Waals surface area contributed by atoms with Gasteiger partial charge in [0.2, 0.25) is 0 Å². The van der Waals surface area contributed by atoms with E-state index >= 15 is 0 Å². The Labute approximate surface area is 207 Å². The molecule has 1 fully saturated rings. The SMILES string of the molecule is O=C1/C(=C/c2cccn2-c2ccc3ccccc3c2)SC(=Nc2ccccc2)N1Cc1ccco1. The number of hydrogen-bond acceptors (Lipinski definition) is 4. The van der Waals surface area contributed by atoms with E-state index < -0.39 is 0 Å². The molecule has 0 unspecified atom stereocenters. The second-order valence-corrected chi connectivity index (χ2v) is 9.15. The number of hydrogen-bond donors (Lipinski definition) is 0. The van der Waals surface area contributed by atoms with E-state index in [-0.39, 0.29) is 5.91 Å². The number of fused-ring (bicyclic) bond motifs is 1. The number of rotatable bonds is 5. The number of furan rings is 1. The number of amidine groups is 1. The number of para-hydroxylation sites is 1. The standard InChI is InChI=1S/C29H21N3O2S/c33-28-27(19-24-12-6-16-31(24)25-15-14-21-8-4-5-9-22(21)18-25)35-29(30-23-10-2-1-3-11-23)32(28)20-26-13-7-17-34-26/h1-19H,20H2/b27-19-,30-29?. The fourth-order valence-electron chi connectivity index (χ4n) is 4.11. The van der Waals surface area contributed by atoms with Crippen molar-refractivity contribution in [3.8, 4) is 5.69 Å². The van der Waals surface area contributed by atoms with Crippen LogP contribution in [0.3, 0.4) is 0 Å². The second kappa shape index (κ2) is 9.16. The average Bonchev–Trinajstić information content (AvgIpc) is 3.64. The second-order valence-electron chi connectivity index (χ2n) is 8.15. The van der Waals surface area contributed by atoms with E-state index in [0.29, 0.717) is 22.4 Å². The summed E-state index contributed by atoms with van der Waals surface area (Å²) >= 11 is 1.38. The van der Waals surface area contributed by atoms with Crippen LogP contribution in [0.2, 0.25) is 0 Å². The molecule has 1 aliphatic rings. The maximum absolute atomic E-state index is 13.5. The number of aromatic nitrogens is 1. The number of amides is 1. The van der Waals surface area contributed by atoms with Crippen molar-refractivity contribution in [2.45, 2.75) is 6.54 Å².